The number of ether oxygens (including phenoxy) is 2. The van der Waals surface area contributed by atoms with Crippen LogP contribution in [0.25, 0.3) is 0 Å². The molecule has 5 nitrogen and oxygen atoms in total. The van der Waals surface area contributed by atoms with Crippen molar-refractivity contribution in [2.45, 2.75) is 27.2 Å². The molecule has 23 heavy (non-hydrogen) atoms. The van der Waals surface area contributed by atoms with E-state index in [2.05, 4.69) is 5.32 Å². The van der Waals surface area contributed by atoms with E-state index in [4.69, 9.17) is 9.47 Å². The minimum atomic E-state index is -0.708. The number of hydrogen-bond acceptors (Lipinski definition) is 5. The Morgan fingerprint density at radius 2 is 2.13 bits per heavy atom. The number of methoxy groups -OCH3 is 1. The number of carbonyl (C=O) groups excluding carboxylic acids is 2. The molecule has 1 aliphatic carbocycles. The second-order valence-corrected chi connectivity index (χ2v) is 5.81. The summed E-state index contributed by atoms with van der Waals surface area (Å²) in [6.07, 6.45) is 2.11. The van der Waals surface area contributed by atoms with E-state index < -0.39 is 11.9 Å². The van der Waals surface area contributed by atoms with Crippen LogP contribution < -0.4 is 10.1 Å². The molecule has 0 saturated heterocycles. The molecule has 2 rings (SSSR count). The zero-order chi connectivity index (χ0) is 17.0. The van der Waals surface area contributed by atoms with Crippen LogP contribution in [0.15, 0.2) is 30.0 Å². The lowest BCUT2D eigenvalue weighted by Crippen LogP contribution is -2.35. The van der Waals surface area contributed by atoms with E-state index in [1.165, 1.54) is 6.08 Å². The summed E-state index contributed by atoms with van der Waals surface area (Å²) in [5.74, 6) is -0.751. The summed E-state index contributed by atoms with van der Waals surface area (Å²) < 4.78 is 10.3. The van der Waals surface area contributed by atoms with Crippen molar-refractivity contribution in [2.24, 2.45) is 11.8 Å². The van der Waals surface area contributed by atoms with Crippen LogP contribution in [0.1, 0.15) is 25.8 Å². The summed E-state index contributed by atoms with van der Waals surface area (Å²) in [7, 11) is 1.61. The Balaban J connectivity index is 2.20. The number of rotatable bonds is 5. The summed E-state index contributed by atoms with van der Waals surface area (Å²) >= 11 is 0. The van der Waals surface area contributed by atoms with Crippen LogP contribution in [-0.4, -0.2) is 25.5 Å². The molecular formula is C18H23NO4. The number of anilines is 1. The van der Waals surface area contributed by atoms with Crippen molar-refractivity contribution < 1.29 is 19.1 Å². The molecule has 5 heteroatoms. The molecule has 0 radical (unpaired) electrons. The predicted octanol–water partition coefficient (Wildman–Crippen LogP) is 3.09. The summed E-state index contributed by atoms with van der Waals surface area (Å²) in [5.41, 5.74) is 2.69. The molecular weight excluding hydrogens is 294 g/mol. The SMILES string of the molecule is CCOC(=O)[C@@H]1C(=O)C=C(Nc2cc(C)ccc2OC)C[C@H]1C. The standard InChI is InChI=1S/C18H23NO4/c1-5-23-18(21)17-12(3)9-13(10-15(17)20)19-14-8-11(2)6-7-16(14)22-4/h6-8,10,12,17,19H,5,9H2,1-4H3/t12-,17+/m1/s1. The van der Waals surface area contributed by atoms with E-state index in [-0.39, 0.29) is 18.3 Å². The van der Waals surface area contributed by atoms with Crippen molar-refractivity contribution >= 4 is 17.4 Å². The molecule has 1 aliphatic rings. The van der Waals surface area contributed by atoms with Gasteiger partial charge in [-0.05, 0) is 43.9 Å². The predicted molar refractivity (Wildman–Crippen MR) is 88.3 cm³/mol. The van der Waals surface area contributed by atoms with Crippen molar-refractivity contribution in [3.8, 4) is 5.75 Å². The van der Waals surface area contributed by atoms with Gasteiger partial charge in [0.2, 0.25) is 0 Å². The normalized spacial score (nSPS) is 20.7. The lowest BCUT2D eigenvalue weighted by atomic mass is 9.82. The Labute approximate surface area is 136 Å². The van der Waals surface area contributed by atoms with E-state index in [0.717, 1.165) is 16.9 Å². The van der Waals surface area contributed by atoms with Crippen molar-refractivity contribution in [3.05, 3.63) is 35.5 Å². The summed E-state index contributed by atoms with van der Waals surface area (Å²) in [5, 5.41) is 3.26. The number of benzene rings is 1. The van der Waals surface area contributed by atoms with Crippen LogP contribution in [0.3, 0.4) is 0 Å². The number of aryl methyl sites for hydroxylation is 1. The third-order valence-corrected chi connectivity index (χ3v) is 3.92. The number of ketones is 1. The third kappa shape index (κ3) is 3.92. The van der Waals surface area contributed by atoms with Gasteiger partial charge in [0.15, 0.2) is 5.78 Å². The fourth-order valence-electron chi connectivity index (χ4n) is 2.83. The largest absolute Gasteiger partial charge is 0.495 e. The molecule has 1 aromatic carbocycles. The number of hydrogen-bond donors (Lipinski definition) is 1. The van der Waals surface area contributed by atoms with Crippen molar-refractivity contribution in [2.75, 3.05) is 19.0 Å². The minimum absolute atomic E-state index is 0.107. The Kier molecular flexibility index (Phi) is 5.42. The molecule has 0 amide bonds. The first-order chi connectivity index (χ1) is 11.0. The van der Waals surface area contributed by atoms with Gasteiger partial charge in [-0.15, -0.1) is 0 Å². The lowest BCUT2D eigenvalue weighted by molar-refractivity contribution is -0.152. The van der Waals surface area contributed by atoms with Gasteiger partial charge in [0.05, 0.1) is 19.4 Å². The summed E-state index contributed by atoms with van der Waals surface area (Å²) in [6, 6.07) is 5.81. The maximum Gasteiger partial charge on any atom is 0.317 e. The highest BCUT2D eigenvalue weighted by Gasteiger charge is 2.36. The molecule has 1 N–H and O–H groups in total. The average Bonchev–Trinajstić information content (AvgIpc) is 2.47. The molecule has 0 saturated carbocycles. The van der Waals surface area contributed by atoms with Gasteiger partial charge in [-0.1, -0.05) is 13.0 Å². The van der Waals surface area contributed by atoms with Crippen molar-refractivity contribution in [1.29, 1.82) is 0 Å². The molecule has 0 fully saturated rings. The second kappa shape index (κ2) is 7.31. The first-order valence-corrected chi connectivity index (χ1v) is 7.79. The van der Waals surface area contributed by atoms with E-state index in [0.29, 0.717) is 12.2 Å². The summed E-state index contributed by atoms with van der Waals surface area (Å²) in [4.78, 5) is 24.2. The Morgan fingerprint density at radius 3 is 2.74 bits per heavy atom. The van der Waals surface area contributed by atoms with Crippen LogP contribution in [0.4, 0.5) is 5.69 Å². The lowest BCUT2D eigenvalue weighted by Gasteiger charge is -2.27. The Bertz CT molecular complexity index is 636. The van der Waals surface area contributed by atoms with Gasteiger partial charge in [0.1, 0.15) is 11.7 Å². The molecule has 1 aromatic rings. The van der Waals surface area contributed by atoms with Gasteiger partial charge in [0.25, 0.3) is 0 Å². The average molecular weight is 317 g/mol. The quantitative estimate of drug-likeness (QED) is 0.668. The van der Waals surface area contributed by atoms with E-state index in [1.54, 1.807) is 14.0 Å². The summed E-state index contributed by atoms with van der Waals surface area (Å²) in [6.45, 7) is 5.90. The molecule has 124 valence electrons. The van der Waals surface area contributed by atoms with Crippen LogP contribution in [0.5, 0.6) is 5.75 Å². The van der Waals surface area contributed by atoms with Crippen LogP contribution in [0, 0.1) is 18.8 Å². The van der Waals surface area contributed by atoms with Gasteiger partial charge in [0, 0.05) is 11.8 Å². The van der Waals surface area contributed by atoms with Gasteiger partial charge in [-0.25, -0.2) is 0 Å². The second-order valence-electron chi connectivity index (χ2n) is 5.81. The first kappa shape index (κ1) is 17.1. The first-order valence-electron chi connectivity index (χ1n) is 7.79. The van der Waals surface area contributed by atoms with Crippen LogP contribution in [-0.2, 0) is 14.3 Å². The Hall–Kier alpha value is -2.30. The molecule has 0 unspecified atom stereocenters. The zero-order valence-corrected chi connectivity index (χ0v) is 14.0. The molecule has 0 heterocycles. The molecule has 0 bridgehead atoms. The third-order valence-electron chi connectivity index (χ3n) is 3.92. The minimum Gasteiger partial charge on any atom is -0.495 e. The maximum absolute atomic E-state index is 12.3. The number of allylic oxidation sites excluding steroid dienone is 2. The van der Waals surface area contributed by atoms with E-state index >= 15 is 0 Å². The van der Waals surface area contributed by atoms with Crippen molar-refractivity contribution in [3.63, 3.8) is 0 Å². The van der Waals surface area contributed by atoms with E-state index in [1.807, 2.05) is 32.0 Å². The van der Waals surface area contributed by atoms with E-state index in [9.17, 15) is 9.59 Å². The fraction of sp³-hybridized carbons (Fsp3) is 0.444. The van der Waals surface area contributed by atoms with Gasteiger partial charge in [-0.3, -0.25) is 9.59 Å². The van der Waals surface area contributed by atoms with Crippen LogP contribution in [0.2, 0.25) is 0 Å². The Morgan fingerprint density at radius 1 is 1.39 bits per heavy atom. The molecule has 0 spiro atoms. The molecule has 0 aliphatic heterocycles. The number of nitrogens with one attached hydrogen (secondary N) is 1. The maximum atomic E-state index is 12.3. The molecule has 0 aromatic heterocycles. The zero-order valence-electron chi connectivity index (χ0n) is 14.0. The van der Waals surface area contributed by atoms with Gasteiger partial charge < -0.3 is 14.8 Å². The van der Waals surface area contributed by atoms with Crippen LogP contribution >= 0.6 is 0 Å². The topological polar surface area (TPSA) is 64.6 Å². The highest BCUT2D eigenvalue weighted by Crippen LogP contribution is 2.32. The van der Waals surface area contributed by atoms with Gasteiger partial charge >= 0.3 is 5.97 Å². The number of carbonyl (C=O) groups is 2. The fourth-order valence-corrected chi connectivity index (χ4v) is 2.83. The monoisotopic (exact) mass is 317 g/mol. The number of esters is 1. The highest BCUT2D eigenvalue weighted by atomic mass is 16.5. The highest BCUT2D eigenvalue weighted by molar-refractivity contribution is 6.06. The van der Waals surface area contributed by atoms with Gasteiger partial charge in [-0.2, -0.15) is 0 Å². The molecule has 2 atom stereocenters. The van der Waals surface area contributed by atoms with Crippen molar-refractivity contribution in [1.82, 2.24) is 0 Å². The smallest absolute Gasteiger partial charge is 0.317 e.